The van der Waals surface area contributed by atoms with Crippen LogP contribution in [0.1, 0.15) is 18.7 Å². The number of amides is 1. The molecular formula is C11H14N2O4. The van der Waals surface area contributed by atoms with Crippen molar-refractivity contribution in [2.75, 3.05) is 13.1 Å². The first-order valence-electron chi connectivity index (χ1n) is 5.56. The maximum Gasteiger partial charge on any atom is 0.308 e. The van der Waals surface area contributed by atoms with Gasteiger partial charge < -0.3 is 14.4 Å². The zero-order chi connectivity index (χ0) is 12.3. The van der Waals surface area contributed by atoms with Gasteiger partial charge in [-0.2, -0.15) is 0 Å². The minimum atomic E-state index is -0.835. The van der Waals surface area contributed by atoms with Crippen molar-refractivity contribution in [3.8, 4) is 0 Å². The lowest BCUT2D eigenvalue weighted by Crippen LogP contribution is -2.43. The molecule has 1 aliphatic rings. The lowest BCUT2D eigenvalue weighted by atomic mass is 9.98. The summed E-state index contributed by atoms with van der Waals surface area (Å²) < 4.78 is 4.99. The van der Waals surface area contributed by atoms with E-state index in [1.165, 1.54) is 12.5 Å². The van der Waals surface area contributed by atoms with Crippen molar-refractivity contribution in [2.45, 2.75) is 19.3 Å². The van der Waals surface area contributed by atoms with Crippen molar-refractivity contribution in [3.63, 3.8) is 0 Å². The quantitative estimate of drug-likeness (QED) is 0.830. The molecule has 1 atom stereocenters. The van der Waals surface area contributed by atoms with E-state index in [9.17, 15) is 9.59 Å². The lowest BCUT2D eigenvalue weighted by molar-refractivity contribution is -0.145. The Morgan fingerprint density at radius 2 is 2.41 bits per heavy atom. The first-order chi connectivity index (χ1) is 8.16. The summed E-state index contributed by atoms with van der Waals surface area (Å²) in [7, 11) is 0. The third-order valence-electron chi connectivity index (χ3n) is 2.91. The summed E-state index contributed by atoms with van der Waals surface area (Å²) in [6.45, 7) is 0.901. The van der Waals surface area contributed by atoms with Gasteiger partial charge in [0.15, 0.2) is 0 Å². The number of hydrogen-bond acceptors (Lipinski definition) is 4. The summed E-state index contributed by atoms with van der Waals surface area (Å²) >= 11 is 0. The summed E-state index contributed by atoms with van der Waals surface area (Å²) in [6.07, 6.45) is 4.36. The van der Waals surface area contributed by atoms with E-state index in [4.69, 9.17) is 9.52 Å². The van der Waals surface area contributed by atoms with E-state index in [0.717, 1.165) is 6.42 Å². The Morgan fingerprint density at radius 3 is 3.06 bits per heavy atom. The predicted octanol–water partition coefficient (Wildman–Crippen LogP) is 0.540. The van der Waals surface area contributed by atoms with Gasteiger partial charge in [-0.3, -0.25) is 9.59 Å². The van der Waals surface area contributed by atoms with Crippen molar-refractivity contribution in [3.05, 3.63) is 18.4 Å². The monoisotopic (exact) mass is 238 g/mol. The van der Waals surface area contributed by atoms with Gasteiger partial charge in [-0.15, -0.1) is 0 Å². The van der Waals surface area contributed by atoms with Gasteiger partial charge >= 0.3 is 5.97 Å². The van der Waals surface area contributed by atoms with Gasteiger partial charge in [0, 0.05) is 13.1 Å². The van der Waals surface area contributed by atoms with Crippen LogP contribution in [0.5, 0.6) is 0 Å². The third kappa shape index (κ3) is 2.83. The Labute approximate surface area is 98.2 Å². The Hall–Kier alpha value is -1.85. The van der Waals surface area contributed by atoms with Crippen LogP contribution >= 0.6 is 0 Å². The Morgan fingerprint density at radius 1 is 1.59 bits per heavy atom. The molecule has 0 bridgehead atoms. The van der Waals surface area contributed by atoms with Crippen molar-refractivity contribution in [2.24, 2.45) is 5.92 Å². The smallest absolute Gasteiger partial charge is 0.308 e. The molecule has 0 radical (unpaired) electrons. The number of aliphatic carboxylic acids is 1. The molecule has 1 aromatic heterocycles. The van der Waals surface area contributed by atoms with Crippen molar-refractivity contribution < 1.29 is 19.1 Å². The summed E-state index contributed by atoms with van der Waals surface area (Å²) in [4.78, 5) is 28.2. The van der Waals surface area contributed by atoms with Crippen molar-refractivity contribution in [1.82, 2.24) is 9.88 Å². The number of nitrogens with zero attached hydrogens (tertiary/aromatic N) is 2. The normalized spacial score (nSPS) is 20.2. The fourth-order valence-corrected chi connectivity index (χ4v) is 1.99. The highest BCUT2D eigenvalue weighted by Crippen LogP contribution is 2.17. The fourth-order valence-electron chi connectivity index (χ4n) is 1.99. The molecule has 1 N–H and O–H groups in total. The number of oxazole rings is 1. The molecule has 1 amide bonds. The SMILES string of the molecule is O=C(O)C1CCCN(C(=O)Cc2ncco2)C1. The molecule has 1 fully saturated rings. The van der Waals surface area contributed by atoms with Gasteiger partial charge in [-0.05, 0) is 12.8 Å². The fraction of sp³-hybridized carbons (Fsp3) is 0.545. The first-order valence-corrected chi connectivity index (χ1v) is 5.56. The van der Waals surface area contributed by atoms with E-state index < -0.39 is 11.9 Å². The minimum Gasteiger partial charge on any atom is -0.481 e. The van der Waals surface area contributed by atoms with Crippen LogP contribution in [-0.4, -0.2) is 40.0 Å². The highest BCUT2D eigenvalue weighted by molar-refractivity contribution is 5.79. The van der Waals surface area contributed by atoms with Crippen LogP contribution in [0, 0.1) is 5.92 Å². The van der Waals surface area contributed by atoms with E-state index in [2.05, 4.69) is 4.98 Å². The molecule has 2 heterocycles. The van der Waals surface area contributed by atoms with Crippen LogP contribution < -0.4 is 0 Å². The average Bonchev–Trinajstić information content (AvgIpc) is 2.82. The van der Waals surface area contributed by atoms with Gasteiger partial charge in [-0.25, -0.2) is 4.98 Å². The molecule has 92 valence electrons. The molecule has 2 rings (SSSR count). The van der Waals surface area contributed by atoms with Crippen LogP contribution in [0.15, 0.2) is 16.9 Å². The van der Waals surface area contributed by atoms with Gasteiger partial charge in [-0.1, -0.05) is 0 Å². The highest BCUT2D eigenvalue weighted by atomic mass is 16.4. The molecule has 1 aliphatic heterocycles. The maximum atomic E-state index is 11.9. The highest BCUT2D eigenvalue weighted by Gasteiger charge is 2.28. The second-order valence-corrected chi connectivity index (χ2v) is 4.12. The molecule has 0 spiro atoms. The van der Waals surface area contributed by atoms with Crippen LogP contribution in [0.3, 0.4) is 0 Å². The maximum absolute atomic E-state index is 11.9. The van der Waals surface area contributed by atoms with Gasteiger partial charge in [0.05, 0.1) is 12.1 Å². The summed E-state index contributed by atoms with van der Waals surface area (Å²) in [6, 6.07) is 0. The molecule has 6 heteroatoms. The van der Waals surface area contributed by atoms with Crippen LogP contribution in [0.4, 0.5) is 0 Å². The van der Waals surface area contributed by atoms with Crippen LogP contribution in [-0.2, 0) is 16.0 Å². The molecular weight excluding hydrogens is 224 g/mol. The topological polar surface area (TPSA) is 83.6 Å². The number of carboxylic acid groups (broad SMARTS) is 1. The largest absolute Gasteiger partial charge is 0.481 e. The second kappa shape index (κ2) is 4.99. The number of carboxylic acids is 1. The van der Waals surface area contributed by atoms with E-state index >= 15 is 0 Å². The van der Waals surface area contributed by atoms with Crippen LogP contribution in [0.2, 0.25) is 0 Å². The molecule has 1 aromatic rings. The predicted molar refractivity (Wildman–Crippen MR) is 57.1 cm³/mol. The van der Waals surface area contributed by atoms with Gasteiger partial charge in [0.2, 0.25) is 11.8 Å². The molecule has 17 heavy (non-hydrogen) atoms. The number of piperidine rings is 1. The number of hydrogen-bond donors (Lipinski definition) is 1. The van der Waals surface area contributed by atoms with E-state index in [1.807, 2.05) is 0 Å². The van der Waals surface area contributed by atoms with E-state index in [0.29, 0.717) is 18.9 Å². The third-order valence-corrected chi connectivity index (χ3v) is 2.91. The molecule has 0 aromatic carbocycles. The molecule has 0 aliphatic carbocycles. The van der Waals surface area contributed by atoms with Crippen molar-refractivity contribution in [1.29, 1.82) is 0 Å². The number of likely N-dealkylation sites (tertiary alicyclic amines) is 1. The molecule has 1 saturated heterocycles. The average molecular weight is 238 g/mol. The van der Waals surface area contributed by atoms with Gasteiger partial charge in [0.25, 0.3) is 0 Å². The zero-order valence-electron chi connectivity index (χ0n) is 9.33. The Balaban J connectivity index is 1.93. The van der Waals surface area contributed by atoms with Crippen LogP contribution in [0.25, 0.3) is 0 Å². The Bertz CT molecular complexity index is 402. The summed E-state index contributed by atoms with van der Waals surface area (Å²) in [5.74, 6) is -1.04. The minimum absolute atomic E-state index is 0.0966. The molecule has 6 nitrogen and oxygen atoms in total. The summed E-state index contributed by atoms with van der Waals surface area (Å²) in [5, 5.41) is 8.93. The lowest BCUT2D eigenvalue weighted by Gasteiger charge is -2.30. The number of carbonyl (C=O) groups excluding carboxylic acids is 1. The zero-order valence-corrected chi connectivity index (χ0v) is 9.33. The van der Waals surface area contributed by atoms with Crippen molar-refractivity contribution >= 4 is 11.9 Å². The number of aromatic nitrogens is 1. The molecule has 0 saturated carbocycles. The second-order valence-electron chi connectivity index (χ2n) is 4.12. The number of carbonyl (C=O) groups is 2. The van der Waals surface area contributed by atoms with Gasteiger partial charge in [0.1, 0.15) is 12.7 Å². The number of rotatable bonds is 3. The standard InChI is InChI=1S/C11H14N2O4/c14-10(6-9-12-3-5-17-9)13-4-1-2-8(7-13)11(15)16/h3,5,8H,1-2,4,6-7H2,(H,15,16). The molecule has 1 unspecified atom stereocenters. The van der Waals surface area contributed by atoms with E-state index in [-0.39, 0.29) is 18.9 Å². The first kappa shape index (κ1) is 11.6. The Kier molecular flexibility index (Phi) is 3.41. The summed E-state index contributed by atoms with van der Waals surface area (Å²) in [5.41, 5.74) is 0. The van der Waals surface area contributed by atoms with E-state index in [1.54, 1.807) is 4.90 Å².